The molecule has 116 valence electrons. The molecule has 0 radical (unpaired) electrons. The second-order valence-corrected chi connectivity index (χ2v) is 5.80. The van der Waals surface area contributed by atoms with E-state index in [1.165, 1.54) is 0 Å². The van der Waals surface area contributed by atoms with Crippen molar-refractivity contribution in [2.45, 2.75) is 20.0 Å². The first-order valence-electron chi connectivity index (χ1n) is 6.87. The molecule has 2 rings (SSSR count). The molecule has 2 aromatic rings. The number of carbonyl (C=O) groups excluding carboxylic acids is 1. The van der Waals surface area contributed by atoms with E-state index in [4.69, 9.17) is 9.47 Å². The maximum Gasteiger partial charge on any atom is 0.265 e. The van der Waals surface area contributed by atoms with Gasteiger partial charge in [-0.15, -0.1) is 0 Å². The van der Waals surface area contributed by atoms with Crippen molar-refractivity contribution in [2.75, 3.05) is 12.4 Å². The normalized spacial score (nSPS) is 11.6. The van der Waals surface area contributed by atoms with Crippen LogP contribution in [-0.2, 0) is 4.79 Å². The number of nitrogens with one attached hydrogen (secondary N) is 1. The minimum Gasteiger partial charge on any atom is -0.497 e. The second kappa shape index (κ2) is 7.31. The summed E-state index contributed by atoms with van der Waals surface area (Å²) in [5, 5.41) is 2.87. The molecular formula is C17H18BrNO3. The predicted molar refractivity (Wildman–Crippen MR) is 90.6 cm³/mol. The lowest BCUT2D eigenvalue weighted by molar-refractivity contribution is -0.122. The van der Waals surface area contributed by atoms with Gasteiger partial charge in [-0.05, 0) is 61.9 Å². The van der Waals surface area contributed by atoms with Crippen LogP contribution in [0, 0.1) is 6.92 Å². The van der Waals surface area contributed by atoms with E-state index in [0.29, 0.717) is 5.75 Å². The molecule has 1 unspecified atom stereocenters. The molecule has 0 bridgehead atoms. The Balaban J connectivity index is 1.99. The van der Waals surface area contributed by atoms with E-state index in [1.807, 2.05) is 25.1 Å². The van der Waals surface area contributed by atoms with Gasteiger partial charge in [-0.2, -0.15) is 0 Å². The summed E-state index contributed by atoms with van der Waals surface area (Å²) in [5.74, 6) is 1.17. The van der Waals surface area contributed by atoms with Gasteiger partial charge in [-0.25, -0.2) is 0 Å². The average molecular weight is 364 g/mol. The van der Waals surface area contributed by atoms with E-state index >= 15 is 0 Å². The summed E-state index contributed by atoms with van der Waals surface area (Å²) >= 11 is 3.40. The quantitative estimate of drug-likeness (QED) is 0.866. The molecule has 0 saturated carbocycles. The van der Waals surface area contributed by atoms with Crippen molar-refractivity contribution in [3.63, 3.8) is 0 Å². The third-order valence-electron chi connectivity index (χ3n) is 3.19. The summed E-state index contributed by atoms with van der Waals surface area (Å²) < 4.78 is 11.7. The van der Waals surface area contributed by atoms with Gasteiger partial charge < -0.3 is 14.8 Å². The molecule has 5 heteroatoms. The summed E-state index contributed by atoms with van der Waals surface area (Å²) in [6.45, 7) is 3.66. The fourth-order valence-electron chi connectivity index (χ4n) is 1.91. The Labute approximate surface area is 138 Å². The van der Waals surface area contributed by atoms with Gasteiger partial charge in [0.15, 0.2) is 6.10 Å². The Hall–Kier alpha value is -2.01. The van der Waals surface area contributed by atoms with E-state index < -0.39 is 6.10 Å². The van der Waals surface area contributed by atoms with Gasteiger partial charge in [0.1, 0.15) is 11.5 Å². The topological polar surface area (TPSA) is 47.6 Å². The van der Waals surface area contributed by atoms with Crippen LogP contribution in [-0.4, -0.2) is 19.1 Å². The van der Waals surface area contributed by atoms with E-state index in [-0.39, 0.29) is 5.91 Å². The summed E-state index contributed by atoms with van der Waals surface area (Å²) in [6.07, 6.45) is -0.601. The molecule has 0 saturated heterocycles. The molecule has 22 heavy (non-hydrogen) atoms. The largest absolute Gasteiger partial charge is 0.497 e. The summed E-state index contributed by atoms with van der Waals surface area (Å²) in [7, 11) is 1.60. The highest BCUT2D eigenvalue weighted by molar-refractivity contribution is 9.10. The number of anilines is 1. The molecule has 0 aromatic heterocycles. The van der Waals surface area contributed by atoms with Crippen molar-refractivity contribution in [3.05, 3.63) is 52.5 Å². The van der Waals surface area contributed by atoms with Gasteiger partial charge in [0.25, 0.3) is 5.91 Å². The number of ether oxygens (including phenoxy) is 2. The van der Waals surface area contributed by atoms with Crippen LogP contribution in [0.2, 0.25) is 0 Å². The smallest absolute Gasteiger partial charge is 0.265 e. The zero-order valence-electron chi connectivity index (χ0n) is 12.7. The van der Waals surface area contributed by atoms with Gasteiger partial charge in [-0.3, -0.25) is 4.79 Å². The molecule has 0 aliphatic heterocycles. The van der Waals surface area contributed by atoms with Gasteiger partial charge in [0.05, 0.1) is 7.11 Å². The van der Waals surface area contributed by atoms with Crippen LogP contribution in [0.4, 0.5) is 5.69 Å². The van der Waals surface area contributed by atoms with Crippen molar-refractivity contribution in [1.29, 1.82) is 0 Å². The number of hydrogen-bond donors (Lipinski definition) is 1. The Morgan fingerprint density at radius 3 is 2.36 bits per heavy atom. The number of benzene rings is 2. The first kappa shape index (κ1) is 16.4. The van der Waals surface area contributed by atoms with Crippen LogP contribution >= 0.6 is 15.9 Å². The van der Waals surface area contributed by atoms with Crippen molar-refractivity contribution in [3.8, 4) is 11.5 Å². The van der Waals surface area contributed by atoms with Gasteiger partial charge in [0, 0.05) is 10.2 Å². The van der Waals surface area contributed by atoms with E-state index in [9.17, 15) is 4.79 Å². The van der Waals surface area contributed by atoms with Gasteiger partial charge >= 0.3 is 0 Å². The average Bonchev–Trinajstić information content (AvgIpc) is 2.50. The second-order valence-electron chi connectivity index (χ2n) is 4.88. The SMILES string of the molecule is COc1ccc(OC(C)C(=O)Nc2ccc(Br)cc2C)cc1. The summed E-state index contributed by atoms with van der Waals surface area (Å²) in [5.41, 5.74) is 1.76. The summed E-state index contributed by atoms with van der Waals surface area (Å²) in [6, 6.07) is 12.8. The number of amides is 1. The van der Waals surface area contributed by atoms with Gasteiger partial charge in [-0.1, -0.05) is 15.9 Å². The molecule has 2 aromatic carbocycles. The van der Waals surface area contributed by atoms with Crippen LogP contribution < -0.4 is 14.8 Å². The standard InChI is InChI=1S/C17H18BrNO3/c1-11-10-13(18)4-9-16(11)19-17(20)12(2)22-15-7-5-14(21-3)6-8-15/h4-10,12H,1-3H3,(H,19,20). The van der Waals surface area contributed by atoms with E-state index in [1.54, 1.807) is 38.3 Å². The molecule has 1 N–H and O–H groups in total. The highest BCUT2D eigenvalue weighted by Gasteiger charge is 2.15. The number of aryl methyl sites for hydroxylation is 1. The first-order chi connectivity index (χ1) is 10.5. The maximum atomic E-state index is 12.2. The van der Waals surface area contributed by atoms with Crippen LogP contribution in [0.1, 0.15) is 12.5 Å². The first-order valence-corrected chi connectivity index (χ1v) is 7.66. The fraction of sp³-hybridized carbons (Fsp3) is 0.235. The van der Waals surface area contributed by atoms with Crippen LogP contribution in [0.15, 0.2) is 46.9 Å². The Morgan fingerprint density at radius 1 is 1.14 bits per heavy atom. The zero-order chi connectivity index (χ0) is 16.1. The number of methoxy groups -OCH3 is 1. The Bertz CT molecular complexity index is 655. The zero-order valence-corrected chi connectivity index (χ0v) is 14.3. The fourth-order valence-corrected chi connectivity index (χ4v) is 2.39. The lowest BCUT2D eigenvalue weighted by Crippen LogP contribution is -2.30. The minimum absolute atomic E-state index is 0.193. The van der Waals surface area contributed by atoms with Crippen molar-refractivity contribution < 1.29 is 14.3 Å². The number of carbonyl (C=O) groups is 1. The number of rotatable bonds is 5. The Kier molecular flexibility index (Phi) is 5.44. The third kappa shape index (κ3) is 4.24. The van der Waals surface area contributed by atoms with Crippen molar-refractivity contribution in [2.24, 2.45) is 0 Å². The molecule has 0 fully saturated rings. The molecule has 4 nitrogen and oxygen atoms in total. The van der Waals surface area contributed by atoms with E-state index in [2.05, 4.69) is 21.2 Å². The Morgan fingerprint density at radius 2 is 1.77 bits per heavy atom. The molecule has 0 aliphatic rings. The number of halogens is 1. The maximum absolute atomic E-state index is 12.2. The lowest BCUT2D eigenvalue weighted by Gasteiger charge is -2.16. The predicted octanol–water partition coefficient (Wildman–Crippen LogP) is 4.17. The molecule has 0 aliphatic carbocycles. The lowest BCUT2D eigenvalue weighted by atomic mass is 10.2. The van der Waals surface area contributed by atoms with E-state index in [0.717, 1.165) is 21.5 Å². The molecular weight excluding hydrogens is 346 g/mol. The molecule has 1 amide bonds. The minimum atomic E-state index is -0.601. The van der Waals surface area contributed by atoms with Crippen molar-refractivity contribution >= 4 is 27.5 Å². The monoisotopic (exact) mass is 363 g/mol. The highest BCUT2D eigenvalue weighted by Crippen LogP contribution is 2.21. The number of hydrogen-bond acceptors (Lipinski definition) is 3. The molecule has 0 heterocycles. The van der Waals surface area contributed by atoms with Crippen LogP contribution in [0.5, 0.6) is 11.5 Å². The highest BCUT2D eigenvalue weighted by atomic mass is 79.9. The van der Waals surface area contributed by atoms with Gasteiger partial charge in [0.2, 0.25) is 0 Å². The molecule has 1 atom stereocenters. The van der Waals surface area contributed by atoms with Crippen LogP contribution in [0.3, 0.4) is 0 Å². The van der Waals surface area contributed by atoms with Crippen molar-refractivity contribution in [1.82, 2.24) is 0 Å². The van der Waals surface area contributed by atoms with Crippen LogP contribution in [0.25, 0.3) is 0 Å². The summed E-state index contributed by atoms with van der Waals surface area (Å²) in [4.78, 5) is 12.2. The third-order valence-corrected chi connectivity index (χ3v) is 3.68. The molecule has 0 spiro atoms.